The Balaban J connectivity index is 2.55. The van der Waals surface area contributed by atoms with Crippen LogP contribution in [0.15, 0.2) is 48.5 Å². The van der Waals surface area contributed by atoms with Gasteiger partial charge in [-0.3, -0.25) is 4.79 Å². The number of hydrogen-bond donors (Lipinski definition) is 1. The number of aliphatic carboxylic acids is 1. The topological polar surface area (TPSA) is 37.3 Å². The molecule has 0 heterocycles. The first-order chi connectivity index (χ1) is 10.0. The summed E-state index contributed by atoms with van der Waals surface area (Å²) in [5.41, 5.74) is 3.47. The number of carboxylic acid groups (broad SMARTS) is 1. The molecule has 0 aliphatic rings. The highest BCUT2D eigenvalue weighted by molar-refractivity contribution is 5.82. The van der Waals surface area contributed by atoms with Gasteiger partial charge in [-0.2, -0.15) is 0 Å². The van der Waals surface area contributed by atoms with Crippen LogP contribution in [0.2, 0.25) is 0 Å². The first-order valence-corrected chi connectivity index (χ1v) is 7.35. The summed E-state index contributed by atoms with van der Waals surface area (Å²) < 4.78 is 0. The van der Waals surface area contributed by atoms with Gasteiger partial charge in [0.1, 0.15) is 0 Å². The monoisotopic (exact) mass is 282 g/mol. The molecule has 0 bridgehead atoms. The van der Waals surface area contributed by atoms with Crippen molar-refractivity contribution in [3.63, 3.8) is 0 Å². The molecule has 0 saturated carbocycles. The lowest BCUT2D eigenvalue weighted by atomic mass is 9.72. The van der Waals surface area contributed by atoms with E-state index in [1.54, 1.807) is 0 Å². The van der Waals surface area contributed by atoms with Crippen LogP contribution in [0.1, 0.15) is 35.6 Å². The summed E-state index contributed by atoms with van der Waals surface area (Å²) in [6.45, 7) is 6.06. The molecule has 0 aliphatic heterocycles. The van der Waals surface area contributed by atoms with Crippen molar-refractivity contribution in [1.29, 1.82) is 0 Å². The van der Waals surface area contributed by atoms with E-state index in [1.165, 1.54) is 0 Å². The Labute approximate surface area is 126 Å². The predicted octanol–water partition coefficient (Wildman–Crippen LogP) is 4.28. The second-order valence-electron chi connectivity index (χ2n) is 5.65. The third kappa shape index (κ3) is 2.85. The molecule has 1 atom stereocenters. The minimum absolute atomic E-state index is 0.529. The minimum Gasteiger partial charge on any atom is -0.481 e. The molecule has 21 heavy (non-hydrogen) atoms. The molecule has 0 amide bonds. The summed E-state index contributed by atoms with van der Waals surface area (Å²) in [6.07, 6.45) is 1.10. The van der Waals surface area contributed by atoms with Gasteiger partial charge < -0.3 is 5.11 Å². The molecular formula is C19H22O2. The summed E-state index contributed by atoms with van der Waals surface area (Å²) in [6, 6.07) is 15.7. The molecule has 2 nitrogen and oxygen atoms in total. The maximum absolute atomic E-state index is 12.1. The second kappa shape index (κ2) is 6.13. The number of hydrogen-bond acceptors (Lipinski definition) is 1. The maximum atomic E-state index is 12.1. The lowest BCUT2D eigenvalue weighted by Crippen LogP contribution is -2.38. The highest BCUT2D eigenvalue weighted by atomic mass is 16.4. The van der Waals surface area contributed by atoms with Crippen LogP contribution in [0.25, 0.3) is 0 Å². The average molecular weight is 282 g/mol. The van der Waals surface area contributed by atoms with Crippen molar-refractivity contribution in [3.05, 3.63) is 70.8 Å². The fourth-order valence-electron chi connectivity index (χ4n) is 2.97. The molecule has 1 unspecified atom stereocenters. The maximum Gasteiger partial charge on any atom is 0.314 e. The van der Waals surface area contributed by atoms with Gasteiger partial charge >= 0.3 is 5.97 Å². The van der Waals surface area contributed by atoms with Crippen LogP contribution in [-0.4, -0.2) is 11.1 Å². The molecule has 2 heteroatoms. The van der Waals surface area contributed by atoms with Gasteiger partial charge in [0.05, 0.1) is 5.41 Å². The smallest absolute Gasteiger partial charge is 0.314 e. The van der Waals surface area contributed by atoms with Gasteiger partial charge in [-0.25, -0.2) is 0 Å². The van der Waals surface area contributed by atoms with Gasteiger partial charge in [0.15, 0.2) is 0 Å². The lowest BCUT2D eigenvalue weighted by Gasteiger charge is -2.30. The van der Waals surface area contributed by atoms with Gasteiger partial charge in [0, 0.05) is 0 Å². The van der Waals surface area contributed by atoms with E-state index in [9.17, 15) is 9.90 Å². The van der Waals surface area contributed by atoms with Crippen molar-refractivity contribution in [2.75, 3.05) is 0 Å². The van der Waals surface area contributed by atoms with Crippen molar-refractivity contribution in [2.45, 2.75) is 39.0 Å². The minimum atomic E-state index is -0.863. The Kier molecular flexibility index (Phi) is 4.46. The van der Waals surface area contributed by atoms with Crippen LogP contribution >= 0.6 is 0 Å². The van der Waals surface area contributed by atoms with E-state index in [2.05, 4.69) is 26.0 Å². The summed E-state index contributed by atoms with van der Waals surface area (Å²) in [5.74, 6) is -0.751. The number of carbonyl (C=O) groups is 1. The van der Waals surface area contributed by atoms with Crippen molar-refractivity contribution in [1.82, 2.24) is 0 Å². The molecular weight excluding hydrogens is 260 g/mol. The SMILES string of the molecule is CCC(Cc1c(C)cccc1C)(C(=O)O)c1ccccc1. The van der Waals surface area contributed by atoms with E-state index in [0.29, 0.717) is 12.8 Å². The molecule has 2 aromatic rings. The third-order valence-corrected chi connectivity index (χ3v) is 4.46. The zero-order valence-corrected chi connectivity index (χ0v) is 12.9. The largest absolute Gasteiger partial charge is 0.481 e. The fraction of sp³-hybridized carbons (Fsp3) is 0.316. The van der Waals surface area contributed by atoms with Gasteiger partial charge in [-0.15, -0.1) is 0 Å². The molecule has 0 spiro atoms. The molecule has 2 aromatic carbocycles. The number of benzene rings is 2. The fourth-order valence-corrected chi connectivity index (χ4v) is 2.97. The zero-order chi connectivity index (χ0) is 15.5. The Morgan fingerprint density at radius 2 is 1.57 bits per heavy atom. The number of aryl methyl sites for hydroxylation is 2. The van der Waals surface area contributed by atoms with E-state index in [1.807, 2.05) is 43.3 Å². The quantitative estimate of drug-likeness (QED) is 0.888. The van der Waals surface area contributed by atoms with Gasteiger partial charge in [-0.1, -0.05) is 55.5 Å². The van der Waals surface area contributed by atoms with Crippen LogP contribution < -0.4 is 0 Å². The average Bonchev–Trinajstić information content (AvgIpc) is 2.48. The first-order valence-electron chi connectivity index (χ1n) is 7.35. The first kappa shape index (κ1) is 15.3. The highest BCUT2D eigenvalue weighted by Gasteiger charge is 2.39. The zero-order valence-electron chi connectivity index (χ0n) is 12.9. The summed E-state index contributed by atoms with van der Waals surface area (Å²) >= 11 is 0. The van der Waals surface area contributed by atoms with Crippen LogP contribution in [0, 0.1) is 13.8 Å². The van der Waals surface area contributed by atoms with Gasteiger partial charge in [0.2, 0.25) is 0 Å². The standard InChI is InChI=1S/C19H22O2/c1-4-19(18(20)21,16-11-6-5-7-12-16)13-17-14(2)9-8-10-15(17)3/h5-12H,4,13H2,1-3H3,(H,20,21). The van der Waals surface area contributed by atoms with Crippen molar-refractivity contribution < 1.29 is 9.90 Å². The summed E-state index contributed by atoms with van der Waals surface area (Å²) in [7, 11) is 0. The molecule has 0 fully saturated rings. The van der Waals surface area contributed by atoms with E-state index < -0.39 is 11.4 Å². The van der Waals surface area contributed by atoms with Crippen LogP contribution in [0.3, 0.4) is 0 Å². The molecule has 0 radical (unpaired) electrons. The lowest BCUT2D eigenvalue weighted by molar-refractivity contribution is -0.144. The van der Waals surface area contributed by atoms with Crippen molar-refractivity contribution in [2.24, 2.45) is 0 Å². The van der Waals surface area contributed by atoms with Gasteiger partial charge in [0.25, 0.3) is 0 Å². The Morgan fingerprint density at radius 1 is 1.00 bits per heavy atom. The number of rotatable bonds is 5. The van der Waals surface area contributed by atoms with Crippen LogP contribution in [-0.2, 0) is 16.6 Å². The van der Waals surface area contributed by atoms with Crippen LogP contribution in [0.5, 0.6) is 0 Å². The van der Waals surface area contributed by atoms with Crippen LogP contribution in [0.4, 0.5) is 0 Å². The molecule has 0 aromatic heterocycles. The molecule has 110 valence electrons. The van der Waals surface area contributed by atoms with E-state index >= 15 is 0 Å². The molecule has 2 rings (SSSR count). The third-order valence-electron chi connectivity index (χ3n) is 4.46. The normalized spacial score (nSPS) is 13.7. The highest BCUT2D eigenvalue weighted by Crippen LogP contribution is 2.34. The Morgan fingerprint density at radius 3 is 2.05 bits per heavy atom. The summed E-state index contributed by atoms with van der Waals surface area (Å²) in [4.78, 5) is 12.1. The second-order valence-corrected chi connectivity index (χ2v) is 5.65. The van der Waals surface area contributed by atoms with E-state index in [4.69, 9.17) is 0 Å². The van der Waals surface area contributed by atoms with Crippen molar-refractivity contribution >= 4 is 5.97 Å². The van der Waals surface area contributed by atoms with E-state index in [0.717, 1.165) is 22.3 Å². The summed E-state index contributed by atoms with van der Waals surface area (Å²) in [5, 5.41) is 9.92. The Bertz CT molecular complexity index is 611. The van der Waals surface area contributed by atoms with E-state index in [-0.39, 0.29) is 0 Å². The predicted molar refractivity (Wildman–Crippen MR) is 85.7 cm³/mol. The Hall–Kier alpha value is -2.09. The molecule has 1 N–H and O–H groups in total. The molecule has 0 aliphatic carbocycles. The van der Waals surface area contributed by atoms with Crippen molar-refractivity contribution in [3.8, 4) is 0 Å². The molecule has 0 saturated heterocycles. The van der Waals surface area contributed by atoms with Gasteiger partial charge in [-0.05, 0) is 48.9 Å². The number of carboxylic acids is 1.